The van der Waals surface area contributed by atoms with E-state index in [4.69, 9.17) is 5.11 Å². The van der Waals surface area contributed by atoms with Crippen LogP contribution >= 0.6 is 15.9 Å². The summed E-state index contributed by atoms with van der Waals surface area (Å²) in [5, 5.41) is 8.84. The van der Waals surface area contributed by atoms with E-state index in [0.717, 1.165) is 4.57 Å². The number of nitrogens with zero attached hydrogens (tertiary/aromatic N) is 1. The second-order valence-corrected chi connectivity index (χ2v) is 5.14. The largest absolute Gasteiger partial charge is 0.481 e. The first-order valence-corrected chi connectivity index (χ1v) is 6.52. The third kappa shape index (κ3) is 2.72. The number of rotatable bonds is 3. The van der Waals surface area contributed by atoms with E-state index in [2.05, 4.69) is 20.9 Å². The van der Waals surface area contributed by atoms with Crippen LogP contribution in [-0.4, -0.2) is 20.6 Å². The average molecular weight is 339 g/mol. The van der Waals surface area contributed by atoms with Crippen LogP contribution in [0.2, 0.25) is 0 Å². The number of H-pyrrole nitrogens is 1. The molecule has 0 aliphatic carbocycles. The zero-order valence-electron chi connectivity index (χ0n) is 10.5. The van der Waals surface area contributed by atoms with Gasteiger partial charge in [0.05, 0.1) is 12.1 Å². The molecular weight excluding hydrogens is 328 g/mol. The quantitative estimate of drug-likeness (QED) is 0.880. The molecule has 2 N–H and O–H groups in total. The van der Waals surface area contributed by atoms with Crippen molar-refractivity contribution < 1.29 is 9.90 Å². The minimum absolute atomic E-state index is 0.0667. The van der Waals surface area contributed by atoms with Crippen molar-refractivity contribution in [2.75, 3.05) is 0 Å². The molecule has 0 aliphatic rings. The summed E-state index contributed by atoms with van der Waals surface area (Å²) < 4.78 is 1.64. The maximum Gasteiger partial charge on any atom is 0.333 e. The van der Waals surface area contributed by atoms with E-state index in [1.54, 1.807) is 24.3 Å². The van der Waals surface area contributed by atoms with Crippen LogP contribution in [0, 0.1) is 6.92 Å². The molecule has 1 heterocycles. The fraction of sp³-hybridized carbons (Fsp3) is 0.154. The molecule has 1 aromatic carbocycles. The molecule has 7 heteroatoms. The van der Waals surface area contributed by atoms with E-state index >= 15 is 0 Å². The highest BCUT2D eigenvalue weighted by Crippen LogP contribution is 2.13. The number of aromatic amines is 1. The fourth-order valence-electron chi connectivity index (χ4n) is 1.89. The molecule has 1 aromatic heterocycles. The Morgan fingerprint density at radius 3 is 2.70 bits per heavy atom. The van der Waals surface area contributed by atoms with Crippen LogP contribution in [0.3, 0.4) is 0 Å². The molecular formula is C13H11BrN2O4. The Hall–Kier alpha value is -2.15. The lowest BCUT2D eigenvalue weighted by atomic mass is 10.1. The molecule has 0 radical (unpaired) electrons. The Bertz CT molecular complexity index is 792. The first-order valence-electron chi connectivity index (χ1n) is 5.72. The molecule has 0 spiro atoms. The van der Waals surface area contributed by atoms with E-state index in [1.807, 2.05) is 0 Å². The van der Waals surface area contributed by atoms with Gasteiger partial charge in [-0.25, -0.2) is 9.36 Å². The summed E-state index contributed by atoms with van der Waals surface area (Å²) in [6, 6.07) is 6.65. The molecule has 0 atom stereocenters. The van der Waals surface area contributed by atoms with Crippen molar-refractivity contribution in [2.45, 2.75) is 13.3 Å². The zero-order valence-corrected chi connectivity index (χ0v) is 12.1. The van der Waals surface area contributed by atoms with Gasteiger partial charge in [0.1, 0.15) is 0 Å². The van der Waals surface area contributed by atoms with E-state index in [0.29, 0.717) is 10.2 Å². The number of hydrogen-bond acceptors (Lipinski definition) is 3. The number of carboxylic acid groups (broad SMARTS) is 1. The molecule has 0 saturated heterocycles. The Morgan fingerprint density at radius 1 is 1.40 bits per heavy atom. The molecule has 0 amide bonds. The van der Waals surface area contributed by atoms with Crippen LogP contribution in [0.25, 0.3) is 5.69 Å². The van der Waals surface area contributed by atoms with Gasteiger partial charge in [-0.3, -0.25) is 9.59 Å². The van der Waals surface area contributed by atoms with Crippen molar-refractivity contribution in [1.82, 2.24) is 9.55 Å². The smallest absolute Gasteiger partial charge is 0.333 e. The zero-order chi connectivity index (χ0) is 14.9. The topological polar surface area (TPSA) is 92.2 Å². The van der Waals surface area contributed by atoms with Crippen molar-refractivity contribution in [3.63, 3.8) is 0 Å². The maximum atomic E-state index is 12.3. The van der Waals surface area contributed by atoms with Crippen LogP contribution in [0.4, 0.5) is 0 Å². The van der Waals surface area contributed by atoms with E-state index in [1.165, 1.54) is 6.92 Å². The van der Waals surface area contributed by atoms with Gasteiger partial charge < -0.3 is 10.1 Å². The van der Waals surface area contributed by atoms with Crippen LogP contribution < -0.4 is 11.2 Å². The average Bonchev–Trinajstić information content (AvgIpc) is 2.34. The number of carbonyl (C=O) groups is 1. The summed E-state index contributed by atoms with van der Waals surface area (Å²) >= 11 is 3.26. The Kier molecular flexibility index (Phi) is 3.89. The summed E-state index contributed by atoms with van der Waals surface area (Å²) in [6.07, 6.45) is -0.435. The Balaban J connectivity index is 2.74. The van der Waals surface area contributed by atoms with Gasteiger partial charge in [0.25, 0.3) is 5.56 Å². The van der Waals surface area contributed by atoms with E-state index in [-0.39, 0.29) is 11.3 Å². The highest BCUT2D eigenvalue weighted by molar-refractivity contribution is 9.10. The second kappa shape index (κ2) is 5.46. The molecule has 0 bridgehead atoms. The predicted molar refractivity (Wildman–Crippen MR) is 76.4 cm³/mol. The number of aliphatic carboxylic acids is 1. The minimum atomic E-state index is -1.13. The molecule has 6 nitrogen and oxygen atoms in total. The molecule has 0 saturated carbocycles. The lowest BCUT2D eigenvalue weighted by Crippen LogP contribution is -2.37. The normalized spacial score (nSPS) is 10.5. The van der Waals surface area contributed by atoms with Crippen molar-refractivity contribution in [3.8, 4) is 5.69 Å². The first kappa shape index (κ1) is 14.3. The van der Waals surface area contributed by atoms with Gasteiger partial charge in [0.15, 0.2) is 0 Å². The summed E-state index contributed by atoms with van der Waals surface area (Å²) in [6.45, 7) is 1.51. The van der Waals surface area contributed by atoms with Crippen molar-refractivity contribution in [3.05, 3.63) is 60.8 Å². The molecule has 2 aromatic rings. The van der Waals surface area contributed by atoms with Gasteiger partial charge in [-0.15, -0.1) is 0 Å². The van der Waals surface area contributed by atoms with Gasteiger partial charge in [0.2, 0.25) is 0 Å². The summed E-state index contributed by atoms with van der Waals surface area (Å²) in [5.74, 6) is -1.13. The SMILES string of the molecule is Cc1[nH]c(=O)n(-c2cccc(Br)c2)c(=O)c1CC(=O)O. The predicted octanol–water partition coefficient (Wildman–Crippen LogP) is 1.22. The minimum Gasteiger partial charge on any atom is -0.481 e. The lowest BCUT2D eigenvalue weighted by Gasteiger charge is -2.09. The number of benzene rings is 1. The van der Waals surface area contributed by atoms with Crippen LogP contribution in [0.1, 0.15) is 11.3 Å². The Morgan fingerprint density at radius 2 is 2.10 bits per heavy atom. The number of aromatic nitrogens is 2. The highest BCUT2D eigenvalue weighted by atomic mass is 79.9. The third-order valence-corrected chi connectivity index (χ3v) is 3.30. The Labute approximate surface area is 121 Å². The number of aryl methyl sites for hydroxylation is 1. The lowest BCUT2D eigenvalue weighted by molar-refractivity contribution is -0.136. The monoisotopic (exact) mass is 338 g/mol. The summed E-state index contributed by atoms with van der Waals surface area (Å²) in [5.41, 5.74) is -0.505. The van der Waals surface area contributed by atoms with E-state index in [9.17, 15) is 14.4 Å². The number of carboxylic acids is 1. The molecule has 104 valence electrons. The maximum absolute atomic E-state index is 12.3. The van der Waals surface area contributed by atoms with Gasteiger partial charge in [-0.1, -0.05) is 22.0 Å². The van der Waals surface area contributed by atoms with Crippen LogP contribution in [0.15, 0.2) is 38.3 Å². The van der Waals surface area contributed by atoms with Gasteiger partial charge in [0, 0.05) is 15.7 Å². The van der Waals surface area contributed by atoms with Crippen molar-refractivity contribution >= 4 is 21.9 Å². The first-order chi connectivity index (χ1) is 9.40. The fourth-order valence-corrected chi connectivity index (χ4v) is 2.28. The number of hydrogen-bond donors (Lipinski definition) is 2. The van der Waals surface area contributed by atoms with E-state index < -0.39 is 23.6 Å². The van der Waals surface area contributed by atoms with Crippen LogP contribution in [0.5, 0.6) is 0 Å². The number of nitrogens with one attached hydrogen (secondary N) is 1. The second-order valence-electron chi connectivity index (χ2n) is 4.22. The summed E-state index contributed by atoms with van der Waals surface area (Å²) in [7, 11) is 0. The molecule has 2 rings (SSSR count). The standard InChI is InChI=1S/C13H11BrN2O4/c1-7-10(6-11(17)18)12(19)16(13(20)15-7)9-4-2-3-8(14)5-9/h2-5H,6H2,1H3,(H,15,20)(H,17,18). The van der Waals surface area contributed by atoms with Gasteiger partial charge in [-0.05, 0) is 25.1 Å². The van der Waals surface area contributed by atoms with Crippen LogP contribution in [-0.2, 0) is 11.2 Å². The molecule has 0 aliphatic heterocycles. The van der Waals surface area contributed by atoms with Crippen molar-refractivity contribution in [2.24, 2.45) is 0 Å². The number of halogens is 1. The van der Waals surface area contributed by atoms with Gasteiger partial charge in [-0.2, -0.15) is 0 Å². The summed E-state index contributed by atoms with van der Waals surface area (Å²) in [4.78, 5) is 37.6. The van der Waals surface area contributed by atoms with Crippen molar-refractivity contribution in [1.29, 1.82) is 0 Å². The molecule has 0 fully saturated rings. The molecule has 20 heavy (non-hydrogen) atoms. The third-order valence-electron chi connectivity index (χ3n) is 2.81. The van der Waals surface area contributed by atoms with Gasteiger partial charge >= 0.3 is 11.7 Å². The highest BCUT2D eigenvalue weighted by Gasteiger charge is 2.15. The molecule has 0 unspecified atom stereocenters.